The largest absolute Gasteiger partial charge is 0.382 e. The summed E-state index contributed by atoms with van der Waals surface area (Å²) in [4.78, 5) is 24.7. The second-order valence-electron chi connectivity index (χ2n) is 5.88. The molecule has 1 saturated heterocycles. The van der Waals surface area contributed by atoms with Crippen molar-refractivity contribution in [2.24, 2.45) is 0 Å². The zero-order valence-electron chi connectivity index (χ0n) is 13.9. The molecular formula is C18H21N5O. The number of hydrogen-bond acceptors (Lipinski definition) is 5. The monoisotopic (exact) mass is 323 g/mol. The summed E-state index contributed by atoms with van der Waals surface area (Å²) in [7, 11) is 3.87. The molecule has 24 heavy (non-hydrogen) atoms. The van der Waals surface area contributed by atoms with E-state index in [2.05, 4.69) is 15.3 Å². The maximum Gasteiger partial charge on any atom is 0.227 e. The van der Waals surface area contributed by atoms with Gasteiger partial charge in [0.1, 0.15) is 0 Å². The number of nitrogens with one attached hydrogen (secondary N) is 1. The standard InChI is InChI=1S/C18H21N5O/c1-22(2)13-16(23-12-6-9-17(23)24)15-10-11-19-18(21-15)20-14-7-4-3-5-8-14/h3-5,7-8,10-11,13H,6,9,12H2,1-2H3,(H,19,20,21)/b16-13+. The SMILES string of the molecule is CN(C)/C=C(\c1ccnc(Nc2ccccc2)n1)N1CCCC1=O. The molecule has 0 aliphatic carbocycles. The van der Waals surface area contributed by atoms with Gasteiger partial charge in [0, 0.05) is 45.1 Å². The average Bonchev–Trinajstić information content (AvgIpc) is 2.99. The molecule has 1 aliphatic heterocycles. The lowest BCUT2D eigenvalue weighted by Crippen LogP contribution is -2.25. The van der Waals surface area contributed by atoms with Gasteiger partial charge in [-0.05, 0) is 24.6 Å². The van der Waals surface area contributed by atoms with Crippen molar-refractivity contribution in [1.29, 1.82) is 0 Å². The average molecular weight is 323 g/mol. The molecule has 1 N–H and O–H groups in total. The van der Waals surface area contributed by atoms with Crippen LogP contribution in [0.25, 0.3) is 5.70 Å². The van der Waals surface area contributed by atoms with Gasteiger partial charge < -0.3 is 15.1 Å². The summed E-state index contributed by atoms with van der Waals surface area (Å²) in [5, 5.41) is 3.19. The normalized spacial score (nSPS) is 14.8. The van der Waals surface area contributed by atoms with Crippen molar-refractivity contribution in [1.82, 2.24) is 19.8 Å². The maximum absolute atomic E-state index is 12.2. The Kier molecular flexibility index (Phi) is 4.74. The number of nitrogens with zero attached hydrogens (tertiary/aromatic N) is 4. The van der Waals surface area contributed by atoms with Crippen molar-refractivity contribution in [3.63, 3.8) is 0 Å². The molecule has 6 nitrogen and oxygen atoms in total. The summed E-state index contributed by atoms with van der Waals surface area (Å²) < 4.78 is 0. The molecule has 2 aromatic rings. The minimum atomic E-state index is 0.138. The van der Waals surface area contributed by atoms with Gasteiger partial charge in [-0.1, -0.05) is 18.2 Å². The number of anilines is 2. The number of hydrogen-bond donors (Lipinski definition) is 1. The van der Waals surface area contributed by atoms with Gasteiger partial charge in [0.15, 0.2) is 0 Å². The van der Waals surface area contributed by atoms with Crippen LogP contribution < -0.4 is 5.32 Å². The summed E-state index contributed by atoms with van der Waals surface area (Å²) in [5.74, 6) is 0.647. The smallest absolute Gasteiger partial charge is 0.227 e. The number of amides is 1. The third kappa shape index (κ3) is 3.71. The fourth-order valence-electron chi connectivity index (χ4n) is 2.63. The molecule has 2 heterocycles. The molecule has 3 rings (SSSR count). The van der Waals surface area contributed by atoms with Crippen LogP contribution in [0.2, 0.25) is 0 Å². The predicted molar refractivity (Wildman–Crippen MR) is 94.4 cm³/mol. The number of aromatic nitrogens is 2. The van der Waals surface area contributed by atoms with E-state index in [1.54, 1.807) is 11.1 Å². The van der Waals surface area contributed by atoms with Gasteiger partial charge in [-0.25, -0.2) is 9.97 Å². The summed E-state index contributed by atoms with van der Waals surface area (Å²) >= 11 is 0. The van der Waals surface area contributed by atoms with E-state index in [0.29, 0.717) is 12.4 Å². The Morgan fingerprint density at radius 3 is 2.71 bits per heavy atom. The van der Waals surface area contributed by atoms with Crippen LogP contribution in [0.4, 0.5) is 11.6 Å². The first-order valence-corrected chi connectivity index (χ1v) is 7.97. The zero-order chi connectivity index (χ0) is 16.9. The van der Waals surface area contributed by atoms with Gasteiger partial charge >= 0.3 is 0 Å². The molecule has 1 aromatic carbocycles. The molecule has 0 saturated carbocycles. The molecular weight excluding hydrogens is 302 g/mol. The molecule has 0 radical (unpaired) electrons. The Hall–Kier alpha value is -2.89. The van der Waals surface area contributed by atoms with Gasteiger partial charge in [-0.3, -0.25) is 4.79 Å². The van der Waals surface area contributed by atoms with Crippen LogP contribution >= 0.6 is 0 Å². The zero-order valence-corrected chi connectivity index (χ0v) is 13.9. The van der Waals surface area contributed by atoms with Crippen molar-refractivity contribution in [2.45, 2.75) is 12.8 Å². The van der Waals surface area contributed by atoms with E-state index in [1.807, 2.05) is 61.6 Å². The number of carbonyl (C=O) groups excluding carboxylic acids is 1. The number of rotatable bonds is 5. The van der Waals surface area contributed by atoms with E-state index in [0.717, 1.165) is 30.0 Å². The van der Waals surface area contributed by atoms with Crippen LogP contribution in [-0.2, 0) is 4.79 Å². The highest BCUT2D eigenvalue weighted by Crippen LogP contribution is 2.25. The van der Waals surface area contributed by atoms with E-state index in [1.165, 1.54) is 0 Å². The first-order chi connectivity index (χ1) is 11.6. The van der Waals surface area contributed by atoms with Gasteiger partial charge in [-0.15, -0.1) is 0 Å². The minimum Gasteiger partial charge on any atom is -0.382 e. The third-order valence-electron chi connectivity index (χ3n) is 3.69. The van der Waals surface area contributed by atoms with Crippen LogP contribution in [0, 0.1) is 0 Å². The summed E-state index contributed by atoms with van der Waals surface area (Å²) in [5.41, 5.74) is 2.46. The lowest BCUT2D eigenvalue weighted by atomic mass is 10.2. The van der Waals surface area contributed by atoms with E-state index in [4.69, 9.17) is 0 Å². The van der Waals surface area contributed by atoms with Crippen molar-refractivity contribution < 1.29 is 4.79 Å². The van der Waals surface area contributed by atoms with Crippen molar-refractivity contribution >= 4 is 23.2 Å². The predicted octanol–water partition coefficient (Wildman–Crippen LogP) is 2.70. The Labute approximate surface area is 141 Å². The first-order valence-electron chi connectivity index (χ1n) is 7.97. The second kappa shape index (κ2) is 7.12. The molecule has 0 spiro atoms. The lowest BCUT2D eigenvalue weighted by molar-refractivity contribution is -0.124. The topological polar surface area (TPSA) is 61.4 Å². The van der Waals surface area contributed by atoms with E-state index in [-0.39, 0.29) is 5.91 Å². The van der Waals surface area contributed by atoms with E-state index in [9.17, 15) is 4.79 Å². The Bertz CT molecular complexity index is 742. The highest BCUT2D eigenvalue weighted by Gasteiger charge is 2.25. The van der Waals surface area contributed by atoms with Gasteiger partial charge in [0.05, 0.1) is 11.4 Å². The molecule has 1 aliphatic rings. The summed E-state index contributed by atoms with van der Waals surface area (Å²) in [6.07, 6.45) is 5.10. The number of para-hydroxylation sites is 1. The van der Waals surface area contributed by atoms with Gasteiger partial charge in [0.25, 0.3) is 0 Å². The van der Waals surface area contributed by atoms with Crippen LogP contribution in [0.5, 0.6) is 0 Å². The Morgan fingerprint density at radius 2 is 2.04 bits per heavy atom. The van der Waals surface area contributed by atoms with Crippen molar-refractivity contribution in [3.8, 4) is 0 Å². The van der Waals surface area contributed by atoms with Gasteiger partial charge in [-0.2, -0.15) is 0 Å². The Balaban J connectivity index is 1.91. The van der Waals surface area contributed by atoms with Crippen LogP contribution in [0.1, 0.15) is 18.5 Å². The van der Waals surface area contributed by atoms with Crippen LogP contribution in [0.3, 0.4) is 0 Å². The summed E-state index contributed by atoms with van der Waals surface area (Å²) in [6.45, 7) is 0.726. The third-order valence-corrected chi connectivity index (χ3v) is 3.69. The van der Waals surface area contributed by atoms with Crippen LogP contribution in [0.15, 0.2) is 48.8 Å². The highest BCUT2D eigenvalue weighted by atomic mass is 16.2. The van der Waals surface area contributed by atoms with Crippen molar-refractivity contribution in [2.75, 3.05) is 26.0 Å². The minimum absolute atomic E-state index is 0.138. The first kappa shape index (κ1) is 16.0. The fourth-order valence-corrected chi connectivity index (χ4v) is 2.63. The van der Waals surface area contributed by atoms with Gasteiger partial charge in [0.2, 0.25) is 11.9 Å². The number of benzene rings is 1. The maximum atomic E-state index is 12.2. The lowest BCUT2D eigenvalue weighted by Gasteiger charge is -2.21. The molecule has 0 unspecified atom stereocenters. The van der Waals surface area contributed by atoms with Crippen LogP contribution in [-0.4, -0.2) is 46.3 Å². The van der Waals surface area contributed by atoms with E-state index >= 15 is 0 Å². The molecule has 124 valence electrons. The molecule has 1 fully saturated rings. The highest BCUT2D eigenvalue weighted by molar-refractivity contribution is 5.88. The second-order valence-corrected chi connectivity index (χ2v) is 5.88. The number of carbonyl (C=O) groups is 1. The molecule has 0 atom stereocenters. The Morgan fingerprint density at radius 1 is 1.25 bits per heavy atom. The fraction of sp³-hybridized carbons (Fsp3) is 0.278. The van der Waals surface area contributed by atoms with Crippen molar-refractivity contribution in [3.05, 3.63) is 54.5 Å². The molecule has 6 heteroatoms. The molecule has 1 amide bonds. The molecule has 0 bridgehead atoms. The quantitative estimate of drug-likeness (QED) is 0.917. The number of likely N-dealkylation sites (tertiary alicyclic amines) is 1. The van der Waals surface area contributed by atoms with E-state index < -0.39 is 0 Å². The molecule has 1 aromatic heterocycles. The summed E-state index contributed by atoms with van der Waals surface area (Å²) in [6, 6.07) is 11.6.